The highest BCUT2D eigenvalue weighted by atomic mass is 35.5. The lowest BCUT2D eigenvalue weighted by molar-refractivity contribution is -0.121. The number of carbonyl (C=O) groups is 2. The maximum atomic E-state index is 12.7. The van der Waals surface area contributed by atoms with Gasteiger partial charge in [0.25, 0.3) is 5.91 Å². The van der Waals surface area contributed by atoms with E-state index in [1.54, 1.807) is 17.2 Å². The van der Waals surface area contributed by atoms with Gasteiger partial charge in [0.15, 0.2) is 5.13 Å². The summed E-state index contributed by atoms with van der Waals surface area (Å²) in [6, 6.07) is 9.33. The summed E-state index contributed by atoms with van der Waals surface area (Å²) in [4.78, 5) is 32.3. The zero-order valence-corrected chi connectivity index (χ0v) is 17.2. The number of hydrogen-bond acceptors (Lipinski definition) is 5. The van der Waals surface area contributed by atoms with Crippen molar-refractivity contribution in [1.82, 2.24) is 9.88 Å². The van der Waals surface area contributed by atoms with Crippen LogP contribution >= 0.6 is 22.9 Å². The van der Waals surface area contributed by atoms with Gasteiger partial charge in [0.05, 0.1) is 17.7 Å². The highest BCUT2D eigenvalue weighted by Gasteiger charge is 2.29. The minimum absolute atomic E-state index is 0.0953. The second-order valence-corrected chi connectivity index (χ2v) is 8.58. The van der Waals surface area contributed by atoms with Crippen molar-refractivity contribution in [3.8, 4) is 0 Å². The molecule has 2 amide bonds. The van der Waals surface area contributed by atoms with Crippen molar-refractivity contribution < 1.29 is 14.0 Å². The quantitative estimate of drug-likeness (QED) is 0.649. The van der Waals surface area contributed by atoms with Crippen LogP contribution in [0.5, 0.6) is 0 Å². The van der Waals surface area contributed by atoms with E-state index in [-0.39, 0.29) is 17.7 Å². The number of nitrogens with zero attached hydrogens (tertiary/aromatic N) is 2. The lowest BCUT2D eigenvalue weighted by Gasteiger charge is -2.31. The van der Waals surface area contributed by atoms with Gasteiger partial charge in [-0.3, -0.25) is 9.59 Å². The van der Waals surface area contributed by atoms with Crippen LogP contribution in [0.15, 0.2) is 53.5 Å². The smallest absolute Gasteiger partial charge is 0.257 e. The molecule has 0 bridgehead atoms. The topological polar surface area (TPSA) is 75.4 Å². The van der Waals surface area contributed by atoms with Crippen molar-refractivity contribution in [3.05, 3.63) is 70.1 Å². The van der Waals surface area contributed by atoms with Gasteiger partial charge < -0.3 is 14.6 Å². The number of likely N-dealkylation sites (tertiary alicyclic amines) is 1. The number of thiazole rings is 1. The molecule has 8 heteroatoms. The van der Waals surface area contributed by atoms with Gasteiger partial charge in [-0.15, -0.1) is 11.3 Å². The molecule has 2 aromatic heterocycles. The molecule has 6 nitrogen and oxygen atoms in total. The number of nitrogens with one attached hydrogen (secondary N) is 1. The Labute approximate surface area is 177 Å². The molecule has 4 rings (SSSR count). The SMILES string of the molecule is O=C(Nc1ncc(Cc2ccc(Cl)cc2)s1)[C@H]1CCCN(C(=O)c2ccoc2)C1. The molecule has 1 aromatic carbocycles. The zero-order chi connectivity index (χ0) is 20.2. The average Bonchev–Trinajstić information content (AvgIpc) is 3.42. The highest BCUT2D eigenvalue weighted by Crippen LogP contribution is 2.25. The largest absolute Gasteiger partial charge is 0.472 e. The van der Waals surface area contributed by atoms with Crippen molar-refractivity contribution >= 4 is 39.9 Å². The molecule has 1 aliphatic heterocycles. The van der Waals surface area contributed by atoms with E-state index in [1.165, 1.54) is 23.9 Å². The number of aromatic nitrogens is 1. The summed E-state index contributed by atoms with van der Waals surface area (Å²) in [5.41, 5.74) is 1.65. The van der Waals surface area contributed by atoms with Crippen molar-refractivity contribution in [2.24, 2.45) is 5.92 Å². The summed E-state index contributed by atoms with van der Waals surface area (Å²) in [5.74, 6) is -0.443. The third-order valence-electron chi connectivity index (χ3n) is 4.92. The molecular formula is C21H20ClN3O3S. The van der Waals surface area contributed by atoms with E-state index < -0.39 is 0 Å². The molecule has 3 heterocycles. The Morgan fingerprint density at radius 1 is 1.28 bits per heavy atom. The van der Waals surface area contributed by atoms with Gasteiger partial charge in [0, 0.05) is 35.6 Å². The van der Waals surface area contributed by atoms with Crippen LogP contribution in [0.1, 0.15) is 33.6 Å². The summed E-state index contributed by atoms with van der Waals surface area (Å²) in [7, 11) is 0. The highest BCUT2D eigenvalue weighted by molar-refractivity contribution is 7.15. The monoisotopic (exact) mass is 429 g/mol. The lowest BCUT2D eigenvalue weighted by Crippen LogP contribution is -2.43. The normalized spacial score (nSPS) is 16.6. The van der Waals surface area contributed by atoms with Crippen LogP contribution in [0.4, 0.5) is 5.13 Å². The number of piperidine rings is 1. The standard InChI is InChI=1S/C21H20ClN3O3S/c22-17-5-3-14(4-6-17)10-18-11-23-21(29-18)24-19(26)15-2-1-8-25(12-15)20(27)16-7-9-28-13-16/h3-7,9,11,13,15H,1-2,8,10,12H2,(H,23,24,26)/t15-/m0/s1. The Kier molecular flexibility index (Phi) is 5.97. The van der Waals surface area contributed by atoms with Crippen molar-refractivity contribution in [3.63, 3.8) is 0 Å². The molecule has 0 aliphatic carbocycles. The van der Waals surface area contributed by atoms with Crippen LogP contribution in [0, 0.1) is 5.92 Å². The van der Waals surface area contributed by atoms with Crippen LogP contribution < -0.4 is 5.32 Å². The first-order chi connectivity index (χ1) is 14.1. The second kappa shape index (κ2) is 8.80. The van der Waals surface area contributed by atoms with Crippen molar-refractivity contribution in [2.45, 2.75) is 19.3 Å². The van der Waals surface area contributed by atoms with Gasteiger partial charge in [0.1, 0.15) is 6.26 Å². The molecule has 0 saturated carbocycles. The average molecular weight is 430 g/mol. The van der Waals surface area contributed by atoms with Crippen LogP contribution in [-0.2, 0) is 11.2 Å². The Hall–Kier alpha value is -2.64. The molecule has 3 aromatic rings. The van der Waals surface area contributed by atoms with Gasteiger partial charge in [0.2, 0.25) is 5.91 Å². The maximum Gasteiger partial charge on any atom is 0.257 e. The summed E-state index contributed by atoms with van der Waals surface area (Å²) in [5, 5.41) is 4.20. The van der Waals surface area contributed by atoms with Crippen molar-refractivity contribution in [2.75, 3.05) is 18.4 Å². The first-order valence-electron chi connectivity index (χ1n) is 9.40. The van der Waals surface area contributed by atoms with E-state index in [0.29, 0.717) is 28.8 Å². The third-order valence-corrected chi connectivity index (χ3v) is 6.09. The molecular weight excluding hydrogens is 410 g/mol. The lowest BCUT2D eigenvalue weighted by atomic mass is 9.97. The zero-order valence-electron chi connectivity index (χ0n) is 15.6. The van der Waals surface area contributed by atoms with E-state index >= 15 is 0 Å². The first-order valence-corrected chi connectivity index (χ1v) is 10.6. The Bertz CT molecular complexity index is 985. The minimum atomic E-state index is -0.247. The van der Waals surface area contributed by atoms with Crippen LogP contribution in [0.3, 0.4) is 0 Å². The first kappa shape index (κ1) is 19.7. The van der Waals surface area contributed by atoms with Crippen LogP contribution in [-0.4, -0.2) is 34.8 Å². The molecule has 0 unspecified atom stereocenters. The fourth-order valence-electron chi connectivity index (χ4n) is 3.40. The number of halogens is 1. The van der Waals surface area contributed by atoms with E-state index in [9.17, 15) is 9.59 Å². The molecule has 150 valence electrons. The van der Waals surface area contributed by atoms with Gasteiger partial charge >= 0.3 is 0 Å². The number of hydrogen-bond donors (Lipinski definition) is 1. The van der Waals surface area contributed by atoms with E-state index in [0.717, 1.165) is 29.7 Å². The number of amides is 2. The molecule has 1 aliphatic rings. The number of furan rings is 1. The minimum Gasteiger partial charge on any atom is -0.472 e. The second-order valence-electron chi connectivity index (χ2n) is 7.03. The number of benzene rings is 1. The fourth-order valence-corrected chi connectivity index (χ4v) is 4.38. The summed E-state index contributed by atoms with van der Waals surface area (Å²) < 4.78 is 4.99. The van der Waals surface area contributed by atoms with Crippen LogP contribution in [0.25, 0.3) is 0 Å². The predicted octanol–water partition coefficient (Wildman–Crippen LogP) is 4.47. The van der Waals surface area contributed by atoms with Gasteiger partial charge in [-0.1, -0.05) is 23.7 Å². The van der Waals surface area contributed by atoms with Gasteiger partial charge in [-0.05, 0) is 36.6 Å². The third kappa shape index (κ3) is 4.86. The maximum absolute atomic E-state index is 12.7. The summed E-state index contributed by atoms with van der Waals surface area (Å²) in [6.07, 6.45) is 6.98. The van der Waals surface area contributed by atoms with Gasteiger partial charge in [-0.25, -0.2) is 4.98 Å². The van der Waals surface area contributed by atoms with E-state index in [4.69, 9.17) is 16.0 Å². The molecule has 1 N–H and O–H groups in total. The number of rotatable bonds is 5. The molecule has 1 saturated heterocycles. The molecule has 1 fully saturated rings. The number of carbonyl (C=O) groups excluding carboxylic acids is 2. The van der Waals surface area contributed by atoms with E-state index in [1.807, 2.05) is 24.3 Å². The summed E-state index contributed by atoms with van der Waals surface area (Å²) in [6.45, 7) is 1.05. The molecule has 0 radical (unpaired) electrons. The summed E-state index contributed by atoms with van der Waals surface area (Å²) >= 11 is 7.38. The fraction of sp³-hybridized carbons (Fsp3) is 0.286. The molecule has 0 spiro atoms. The van der Waals surface area contributed by atoms with E-state index in [2.05, 4.69) is 10.3 Å². The predicted molar refractivity (Wildman–Crippen MR) is 112 cm³/mol. The Morgan fingerprint density at radius 3 is 2.86 bits per heavy atom. The molecule has 29 heavy (non-hydrogen) atoms. The Morgan fingerprint density at radius 2 is 2.10 bits per heavy atom. The van der Waals surface area contributed by atoms with Crippen LogP contribution in [0.2, 0.25) is 5.02 Å². The van der Waals surface area contributed by atoms with Gasteiger partial charge in [-0.2, -0.15) is 0 Å². The van der Waals surface area contributed by atoms with Crippen molar-refractivity contribution in [1.29, 1.82) is 0 Å². The molecule has 1 atom stereocenters. The number of anilines is 1. The Balaban J connectivity index is 1.34.